The number of carbonyl (C=O) groups is 1. The number of rotatable bonds is 5. The van der Waals surface area contributed by atoms with Gasteiger partial charge in [-0.3, -0.25) is 0 Å². The van der Waals surface area contributed by atoms with Crippen LogP contribution < -0.4 is 10.1 Å². The van der Waals surface area contributed by atoms with E-state index in [1.807, 2.05) is 36.1 Å². The summed E-state index contributed by atoms with van der Waals surface area (Å²) in [7, 11) is 1.66. The van der Waals surface area contributed by atoms with E-state index < -0.39 is 0 Å². The molecule has 132 valence electrons. The van der Waals surface area contributed by atoms with Crippen molar-refractivity contribution < 1.29 is 14.6 Å². The van der Waals surface area contributed by atoms with E-state index in [0.717, 1.165) is 43.5 Å². The quantitative estimate of drug-likeness (QED) is 0.871. The summed E-state index contributed by atoms with van der Waals surface area (Å²) >= 11 is 0. The zero-order valence-corrected chi connectivity index (χ0v) is 14.6. The highest BCUT2D eigenvalue weighted by molar-refractivity contribution is 5.75. The van der Waals surface area contributed by atoms with Crippen LogP contribution in [0.25, 0.3) is 0 Å². The van der Waals surface area contributed by atoms with Crippen molar-refractivity contribution in [2.45, 2.75) is 44.8 Å². The molecule has 1 aromatic carbocycles. The number of nitrogens with zero attached hydrogens (tertiary/aromatic N) is 1. The van der Waals surface area contributed by atoms with E-state index >= 15 is 0 Å². The molecule has 2 aliphatic rings. The Bertz CT molecular complexity index is 554. The van der Waals surface area contributed by atoms with Gasteiger partial charge < -0.3 is 20.1 Å². The molecule has 0 aromatic heterocycles. The van der Waals surface area contributed by atoms with Crippen molar-refractivity contribution >= 4 is 6.03 Å². The number of hydrogen-bond donors (Lipinski definition) is 2. The fraction of sp³-hybridized carbons (Fsp3) is 0.632. The Hall–Kier alpha value is -1.75. The second-order valence-corrected chi connectivity index (χ2v) is 7.13. The molecule has 2 amide bonds. The second kappa shape index (κ2) is 7.43. The second-order valence-electron chi connectivity index (χ2n) is 7.13. The van der Waals surface area contributed by atoms with Gasteiger partial charge in [-0.15, -0.1) is 0 Å². The molecule has 1 saturated carbocycles. The van der Waals surface area contributed by atoms with Crippen LogP contribution in [0.2, 0.25) is 0 Å². The standard InChI is InChI=1S/C19H28N2O3/c1-13(22)16-4-3-11-21(12-16)19(23)20-18(14-5-6-14)15-7-9-17(24-2)10-8-15/h7-10,13-14,16,18,22H,3-6,11-12H2,1-2H3,(H,20,23). The number of benzene rings is 1. The third-order valence-electron chi connectivity index (χ3n) is 5.27. The summed E-state index contributed by atoms with van der Waals surface area (Å²) < 4.78 is 5.22. The molecule has 5 heteroatoms. The van der Waals surface area contributed by atoms with Gasteiger partial charge in [0, 0.05) is 19.0 Å². The van der Waals surface area contributed by atoms with Gasteiger partial charge in [-0.1, -0.05) is 12.1 Å². The van der Waals surface area contributed by atoms with Gasteiger partial charge in [0.2, 0.25) is 0 Å². The molecule has 5 nitrogen and oxygen atoms in total. The number of nitrogens with one attached hydrogen (secondary N) is 1. The summed E-state index contributed by atoms with van der Waals surface area (Å²) in [6.07, 6.45) is 3.91. The van der Waals surface area contributed by atoms with Crippen molar-refractivity contribution in [1.29, 1.82) is 0 Å². The zero-order chi connectivity index (χ0) is 17.1. The molecule has 1 saturated heterocycles. The molecule has 2 N–H and O–H groups in total. The lowest BCUT2D eigenvalue weighted by Gasteiger charge is -2.35. The van der Waals surface area contributed by atoms with Crippen LogP contribution in [0.1, 0.15) is 44.2 Å². The fourth-order valence-corrected chi connectivity index (χ4v) is 3.53. The summed E-state index contributed by atoms with van der Waals surface area (Å²) in [6.45, 7) is 3.23. The molecule has 3 rings (SSSR count). The number of carbonyl (C=O) groups excluding carboxylic acids is 1. The van der Waals surface area contributed by atoms with E-state index in [9.17, 15) is 9.90 Å². The van der Waals surface area contributed by atoms with Crippen LogP contribution in [0.15, 0.2) is 24.3 Å². The Morgan fingerprint density at radius 1 is 1.25 bits per heavy atom. The minimum absolute atomic E-state index is 0.00642. The van der Waals surface area contributed by atoms with Crippen LogP contribution in [0.4, 0.5) is 4.79 Å². The number of urea groups is 1. The molecule has 0 bridgehead atoms. The highest BCUT2D eigenvalue weighted by Gasteiger charge is 2.35. The van der Waals surface area contributed by atoms with Crippen LogP contribution in [-0.4, -0.2) is 42.3 Å². The number of aliphatic hydroxyl groups is 1. The summed E-state index contributed by atoms with van der Waals surface area (Å²) in [5.74, 6) is 1.54. The number of amides is 2. The van der Waals surface area contributed by atoms with Crippen LogP contribution in [-0.2, 0) is 0 Å². The van der Waals surface area contributed by atoms with Crippen molar-refractivity contribution in [2.24, 2.45) is 11.8 Å². The van der Waals surface area contributed by atoms with Gasteiger partial charge in [-0.05, 0) is 56.2 Å². The molecular formula is C19H28N2O3. The number of hydrogen-bond acceptors (Lipinski definition) is 3. The maximum absolute atomic E-state index is 12.7. The Labute approximate surface area is 144 Å². The first-order valence-corrected chi connectivity index (χ1v) is 8.96. The van der Waals surface area contributed by atoms with Gasteiger partial charge in [0.1, 0.15) is 5.75 Å². The van der Waals surface area contributed by atoms with E-state index in [0.29, 0.717) is 12.5 Å². The average molecular weight is 332 g/mol. The first kappa shape index (κ1) is 17.1. The van der Waals surface area contributed by atoms with Gasteiger partial charge in [0.15, 0.2) is 0 Å². The SMILES string of the molecule is COc1ccc(C(NC(=O)N2CCCC(C(C)O)C2)C2CC2)cc1. The predicted molar refractivity (Wildman–Crippen MR) is 93.0 cm³/mol. The smallest absolute Gasteiger partial charge is 0.317 e. The number of methoxy groups -OCH3 is 1. The van der Waals surface area contributed by atoms with Crippen molar-refractivity contribution in [3.63, 3.8) is 0 Å². The molecule has 1 aliphatic heterocycles. The highest BCUT2D eigenvalue weighted by atomic mass is 16.5. The summed E-state index contributed by atoms with van der Waals surface area (Å²) in [4.78, 5) is 14.6. The van der Waals surface area contributed by atoms with Gasteiger partial charge >= 0.3 is 6.03 Å². The molecule has 1 aromatic rings. The number of ether oxygens (including phenoxy) is 1. The van der Waals surface area contributed by atoms with Crippen molar-refractivity contribution in [1.82, 2.24) is 10.2 Å². The molecule has 24 heavy (non-hydrogen) atoms. The lowest BCUT2D eigenvalue weighted by molar-refractivity contribution is 0.0731. The van der Waals surface area contributed by atoms with Gasteiger partial charge in [-0.2, -0.15) is 0 Å². The Kier molecular flexibility index (Phi) is 5.29. The van der Waals surface area contributed by atoms with Crippen LogP contribution in [0, 0.1) is 11.8 Å². The first-order valence-electron chi connectivity index (χ1n) is 8.96. The Balaban J connectivity index is 1.65. The molecule has 0 radical (unpaired) electrons. The largest absolute Gasteiger partial charge is 0.497 e. The van der Waals surface area contributed by atoms with Gasteiger partial charge in [0.05, 0.1) is 19.3 Å². The number of aliphatic hydroxyl groups excluding tert-OH is 1. The van der Waals surface area contributed by atoms with Gasteiger partial charge in [-0.25, -0.2) is 4.79 Å². The monoisotopic (exact) mass is 332 g/mol. The third kappa shape index (κ3) is 4.01. The minimum atomic E-state index is -0.360. The summed E-state index contributed by atoms with van der Waals surface area (Å²) in [5.41, 5.74) is 1.13. The summed E-state index contributed by atoms with van der Waals surface area (Å²) in [5, 5.41) is 13.0. The van der Waals surface area contributed by atoms with Crippen LogP contribution >= 0.6 is 0 Å². The Morgan fingerprint density at radius 2 is 1.96 bits per heavy atom. The zero-order valence-electron chi connectivity index (χ0n) is 14.6. The molecule has 1 aliphatic carbocycles. The molecule has 3 unspecified atom stereocenters. The molecular weight excluding hydrogens is 304 g/mol. The molecule has 3 atom stereocenters. The first-order chi connectivity index (χ1) is 11.6. The number of likely N-dealkylation sites (tertiary alicyclic amines) is 1. The normalized spacial score (nSPS) is 23.5. The Morgan fingerprint density at radius 3 is 2.54 bits per heavy atom. The van der Waals surface area contributed by atoms with Crippen molar-refractivity contribution in [3.05, 3.63) is 29.8 Å². The van der Waals surface area contributed by atoms with E-state index in [4.69, 9.17) is 4.74 Å². The van der Waals surface area contributed by atoms with Crippen molar-refractivity contribution in [3.8, 4) is 5.75 Å². The van der Waals surface area contributed by atoms with E-state index in [-0.39, 0.29) is 24.1 Å². The third-order valence-corrected chi connectivity index (χ3v) is 5.27. The fourth-order valence-electron chi connectivity index (χ4n) is 3.53. The van der Waals surface area contributed by atoms with E-state index in [1.165, 1.54) is 0 Å². The lowest BCUT2D eigenvalue weighted by atomic mass is 9.93. The molecule has 0 spiro atoms. The molecule has 2 fully saturated rings. The minimum Gasteiger partial charge on any atom is -0.497 e. The number of piperidine rings is 1. The van der Waals surface area contributed by atoms with Crippen LogP contribution in [0.5, 0.6) is 5.75 Å². The highest BCUT2D eigenvalue weighted by Crippen LogP contribution is 2.41. The average Bonchev–Trinajstić information content (AvgIpc) is 3.44. The maximum atomic E-state index is 12.7. The predicted octanol–water partition coefficient (Wildman–Crippen LogP) is 2.95. The van der Waals surface area contributed by atoms with Gasteiger partial charge in [0.25, 0.3) is 0 Å². The molecule has 1 heterocycles. The van der Waals surface area contributed by atoms with E-state index in [2.05, 4.69) is 5.32 Å². The topological polar surface area (TPSA) is 61.8 Å². The maximum Gasteiger partial charge on any atom is 0.317 e. The lowest BCUT2D eigenvalue weighted by Crippen LogP contribution is -2.48. The van der Waals surface area contributed by atoms with Crippen LogP contribution in [0.3, 0.4) is 0 Å². The van der Waals surface area contributed by atoms with Crippen molar-refractivity contribution in [2.75, 3.05) is 20.2 Å². The summed E-state index contributed by atoms with van der Waals surface area (Å²) in [6, 6.07) is 8.03. The van der Waals surface area contributed by atoms with E-state index in [1.54, 1.807) is 7.11 Å².